The van der Waals surface area contributed by atoms with Crippen LogP contribution in [0.4, 0.5) is 5.69 Å². The van der Waals surface area contributed by atoms with Crippen molar-refractivity contribution in [1.29, 1.82) is 0 Å². The average molecular weight is 261 g/mol. The quantitative estimate of drug-likeness (QED) is 0.851. The maximum atomic E-state index is 4.59. The molecule has 0 spiro atoms. The fourth-order valence-electron chi connectivity index (χ4n) is 2.98. The first kappa shape index (κ1) is 14.3. The lowest BCUT2D eigenvalue weighted by atomic mass is 10.1. The Labute approximate surface area is 117 Å². The van der Waals surface area contributed by atoms with Gasteiger partial charge >= 0.3 is 0 Å². The Kier molecular flexibility index (Phi) is 5.20. The van der Waals surface area contributed by atoms with Crippen LogP contribution >= 0.6 is 0 Å². The van der Waals surface area contributed by atoms with Crippen LogP contribution in [0.25, 0.3) is 0 Å². The molecule has 19 heavy (non-hydrogen) atoms. The molecule has 1 aromatic heterocycles. The van der Waals surface area contributed by atoms with Crippen molar-refractivity contribution in [2.75, 3.05) is 25.0 Å². The van der Waals surface area contributed by atoms with E-state index in [0.29, 0.717) is 6.04 Å². The summed E-state index contributed by atoms with van der Waals surface area (Å²) in [7, 11) is 2.18. The highest BCUT2D eigenvalue weighted by molar-refractivity contribution is 5.44. The lowest BCUT2D eigenvalue weighted by Gasteiger charge is -2.23. The average Bonchev–Trinajstić information content (AvgIpc) is 2.92. The third-order valence-electron chi connectivity index (χ3n) is 4.17. The molecule has 0 bridgehead atoms. The van der Waals surface area contributed by atoms with Gasteiger partial charge in [-0.05, 0) is 44.4 Å². The molecule has 0 saturated heterocycles. The van der Waals surface area contributed by atoms with Crippen molar-refractivity contribution in [1.82, 2.24) is 10.3 Å². The number of hydrogen-bond donors (Lipinski definition) is 1. The summed E-state index contributed by atoms with van der Waals surface area (Å²) in [5, 5.41) is 3.39. The van der Waals surface area contributed by atoms with Crippen molar-refractivity contribution < 1.29 is 0 Å². The second-order valence-electron chi connectivity index (χ2n) is 5.75. The van der Waals surface area contributed by atoms with Crippen LogP contribution < -0.4 is 10.2 Å². The number of nitrogens with zero attached hydrogens (tertiary/aromatic N) is 2. The van der Waals surface area contributed by atoms with Gasteiger partial charge in [0.05, 0.1) is 17.6 Å². The molecular weight excluding hydrogens is 234 g/mol. The molecule has 0 amide bonds. The number of pyridine rings is 1. The standard InChI is InChI=1S/C16H27N3/c1-4-17-13(2)16-10-9-15(11-18-16)19(3)12-14-7-5-6-8-14/h9-11,13-14,17H,4-8,12H2,1-3H3. The Hall–Kier alpha value is -1.09. The molecule has 1 fully saturated rings. The van der Waals surface area contributed by atoms with E-state index in [-0.39, 0.29) is 0 Å². The lowest BCUT2D eigenvalue weighted by Crippen LogP contribution is -2.24. The third-order valence-corrected chi connectivity index (χ3v) is 4.17. The van der Waals surface area contributed by atoms with Crippen LogP contribution in [0.15, 0.2) is 18.3 Å². The minimum Gasteiger partial charge on any atom is -0.373 e. The molecule has 1 aromatic rings. The first-order valence-corrected chi connectivity index (χ1v) is 7.61. The molecule has 1 saturated carbocycles. The van der Waals surface area contributed by atoms with Gasteiger partial charge in [-0.1, -0.05) is 19.8 Å². The molecule has 0 aromatic carbocycles. The van der Waals surface area contributed by atoms with Crippen molar-refractivity contribution in [3.8, 4) is 0 Å². The van der Waals surface area contributed by atoms with E-state index >= 15 is 0 Å². The Morgan fingerprint density at radius 1 is 1.37 bits per heavy atom. The van der Waals surface area contributed by atoms with Gasteiger partial charge in [-0.25, -0.2) is 0 Å². The predicted molar refractivity (Wildman–Crippen MR) is 81.6 cm³/mol. The van der Waals surface area contributed by atoms with Crippen molar-refractivity contribution in [3.05, 3.63) is 24.0 Å². The van der Waals surface area contributed by atoms with E-state index < -0.39 is 0 Å². The number of aromatic nitrogens is 1. The van der Waals surface area contributed by atoms with E-state index in [0.717, 1.165) is 18.2 Å². The van der Waals surface area contributed by atoms with Gasteiger partial charge in [0.2, 0.25) is 0 Å². The van der Waals surface area contributed by atoms with Gasteiger partial charge in [0.1, 0.15) is 0 Å². The smallest absolute Gasteiger partial charge is 0.0572 e. The monoisotopic (exact) mass is 261 g/mol. The van der Waals surface area contributed by atoms with Gasteiger partial charge in [-0.15, -0.1) is 0 Å². The van der Waals surface area contributed by atoms with Crippen molar-refractivity contribution in [2.24, 2.45) is 5.92 Å². The minimum absolute atomic E-state index is 0.333. The van der Waals surface area contributed by atoms with E-state index in [2.05, 4.69) is 48.2 Å². The maximum Gasteiger partial charge on any atom is 0.0572 e. The highest BCUT2D eigenvalue weighted by Crippen LogP contribution is 2.26. The zero-order valence-electron chi connectivity index (χ0n) is 12.5. The number of rotatable bonds is 6. The minimum atomic E-state index is 0.333. The first-order valence-electron chi connectivity index (χ1n) is 7.61. The van der Waals surface area contributed by atoms with E-state index in [1.807, 2.05) is 6.20 Å². The zero-order valence-corrected chi connectivity index (χ0v) is 12.5. The molecule has 2 rings (SSSR count). The molecule has 1 unspecified atom stereocenters. The normalized spacial score (nSPS) is 17.6. The largest absolute Gasteiger partial charge is 0.373 e. The predicted octanol–water partition coefficient (Wildman–Crippen LogP) is 3.38. The number of anilines is 1. The SMILES string of the molecule is CCNC(C)c1ccc(N(C)CC2CCCC2)cn1. The third kappa shape index (κ3) is 3.93. The molecule has 0 radical (unpaired) electrons. The molecule has 1 heterocycles. The Morgan fingerprint density at radius 3 is 2.68 bits per heavy atom. The summed E-state index contributed by atoms with van der Waals surface area (Å²) in [6.45, 7) is 6.43. The zero-order chi connectivity index (χ0) is 13.7. The van der Waals surface area contributed by atoms with E-state index in [4.69, 9.17) is 0 Å². The summed E-state index contributed by atoms with van der Waals surface area (Å²) >= 11 is 0. The second kappa shape index (κ2) is 6.90. The molecule has 1 aliphatic rings. The number of nitrogens with one attached hydrogen (secondary N) is 1. The van der Waals surface area contributed by atoms with Crippen LogP contribution in [-0.2, 0) is 0 Å². The first-order chi connectivity index (χ1) is 9.20. The van der Waals surface area contributed by atoms with Gasteiger partial charge in [0, 0.05) is 19.6 Å². The van der Waals surface area contributed by atoms with Crippen molar-refractivity contribution in [3.63, 3.8) is 0 Å². The highest BCUT2D eigenvalue weighted by atomic mass is 15.1. The molecule has 106 valence electrons. The summed E-state index contributed by atoms with van der Waals surface area (Å²) in [6.07, 6.45) is 7.63. The Balaban J connectivity index is 1.93. The van der Waals surface area contributed by atoms with Gasteiger partial charge in [-0.2, -0.15) is 0 Å². The molecule has 1 atom stereocenters. The maximum absolute atomic E-state index is 4.59. The van der Waals surface area contributed by atoms with E-state index in [1.165, 1.54) is 37.9 Å². The summed E-state index contributed by atoms with van der Waals surface area (Å²) in [5.74, 6) is 0.880. The van der Waals surface area contributed by atoms with Crippen LogP contribution in [-0.4, -0.2) is 25.1 Å². The van der Waals surface area contributed by atoms with Gasteiger partial charge < -0.3 is 10.2 Å². The van der Waals surface area contributed by atoms with Crippen LogP contribution in [0.5, 0.6) is 0 Å². The number of hydrogen-bond acceptors (Lipinski definition) is 3. The molecule has 3 heteroatoms. The van der Waals surface area contributed by atoms with Gasteiger partial charge in [-0.3, -0.25) is 4.98 Å². The molecule has 0 aliphatic heterocycles. The summed E-state index contributed by atoms with van der Waals surface area (Å²) in [5.41, 5.74) is 2.36. The van der Waals surface area contributed by atoms with Gasteiger partial charge in [0.25, 0.3) is 0 Å². The molecular formula is C16H27N3. The fourth-order valence-corrected chi connectivity index (χ4v) is 2.98. The Bertz CT molecular complexity index is 368. The molecule has 1 aliphatic carbocycles. The molecule has 3 nitrogen and oxygen atoms in total. The summed E-state index contributed by atoms with van der Waals surface area (Å²) < 4.78 is 0. The Morgan fingerprint density at radius 2 is 2.11 bits per heavy atom. The second-order valence-corrected chi connectivity index (χ2v) is 5.75. The van der Waals surface area contributed by atoms with Gasteiger partial charge in [0.15, 0.2) is 0 Å². The highest BCUT2D eigenvalue weighted by Gasteiger charge is 2.17. The van der Waals surface area contributed by atoms with Crippen LogP contribution in [0.2, 0.25) is 0 Å². The topological polar surface area (TPSA) is 28.2 Å². The van der Waals surface area contributed by atoms with Crippen molar-refractivity contribution >= 4 is 5.69 Å². The van der Waals surface area contributed by atoms with E-state index in [1.54, 1.807) is 0 Å². The lowest BCUT2D eigenvalue weighted by molar-refractivity contribution is 0.546. The fraction of sp³-hybridized carbons (Fsp3) is 0.688. The van der Waals surface area contributed by atoms with Crippen molar-refractivity contribution in [2.45, 2.75) is 45.6 Å². The van der Waals surface area contributed by atoms with Crippen LogP contribution in [0, 0.1) is 5.92 Å². The summed E-state index contributed by atoms with van der Waals surface area (Å²) in [6, 6.07) is 4.68. The molecule has 1 N–H and O–H groups in total. The summed E-state index contributed by atoms with van der Waals surface area (Å²) in [4.78, 5) is 6.94. The van der Waals surface area contributed by atoms with Crippen LogP contribution in [0.1, 0.15) is 51.3 Å². The van der Waals surface area contributed by atoms with Crippen LogP contribution in [0.3, 0.4) is 0 Å². The van der Waals surface area contributed by atoms with E-state index in [9.17, 15) is 0 Å².